The van der Waals surface area contributed by atoms with E-state index in [4.69, 9.17) is 13.8 Å². The van der Waals surface area contributed by atoms with Crippen molar-refractivity contribution in [1.82, 2.24) is 5.09 Å². The van der Waals surface area contributed by atoms with E-state index in [0.717, 1.165) is 12.8 Å². The van der Waals surface area contributed by atoms with Crippen molar-refractivity contribution in [1.29, 1.82) is 0 Å². The molecule has 12 heteroatoms. The summed E-state index contributed by atoms with van der Waals surface area (Å²) in [4.78, 5) is 23.3. The van der Waals surface area contributed by atoms with Gasteiger partial charge in [-0.05, 0) is 25.0 Å². The Balaban J connectivity index is 2.28. The van der Waals surface area contributed by atoms with Crippen molar-refractivity contribution in [2.24, 2.45) is 5.92 Å². The van der Waals surface area contributed by atoms with Crippen molar-refractivity contribution in [3.05, 3.63) is 53.6 Å². The normalized spacial score (nSPS) is 21.6. The first-order valence-corrected chi connectivity index (χ1v) is 11.8. The van der Waals surface area contributed by atoms with Gasteiger partial charge in [0.25, 0.3) is 0 Å². The van der Waals surface area contributed by atoms with E-state index in [1.807, 2.05) is 13.8 Å². The summed E-state index contributed by atoms with van der Waals surface area (Å²) in [6.07, 6.45) is -4.77. The van der Waals surface area contributed by atoms with Gasteiger partial charge in [0.05, 0.1) is 6.61 Å². The van der Waals surface area contributed by atoms with Crippen molar-refractivity contribution in [3.8, 4) is 5.75 Å². The van der Waals surface area contributed by atoms with Gasteiger partial charge in [-0.15, -0.1) is 0 Å². The van der Waals surface area contributed by atoms with E-state index in [1.165, 1.54) is 31.2 Å². The second-order valence-electron chi connectivity index (χ2n) is 7.32. The fraction of sp³-hybridized carbons (Fsp3) is 0.476. The summed E-state index contributed by atoms with van der Waals surface area (Å²) in [5.74, 6) is -9.17. The number of para-hydroxylation sites is 1. The zero-order valence-corrected chi connectivity index (χ0v) is 19.1. The van der Waals surface area contributed by atoms with Crippen LogP contribution in [0.3, 0.4) is 0 Å². The van der Waals surface area contributed by atoms with Crippen LogP contribution in [0.15, 0.2) is 53.6 Å². The summed E-state index contributed by atoms with van der Waals surface area (Å²) in [7, 11) is -4.65. The molecule has 0 saturated carbocycles. The van der Waals surface area contributed by atoms with Crippen molar-refractivity contribution >= 4 is 14.1 Å². The summed E-state index contributed by atoms with van der Waals surface area (Å²) in [6, 6.07) is 5.99. The van der Waals surface area contributed by atoms with Crippen LogP contribution in [0.5, 0.6) is 5.75 Å². The Labute approximate surface area is 189 Å². The number of alkyl halides is 2. The van der Waals surface area contributed by atoms with E-state index in [0.29, 0.717) is 0 Å². The minimum absolute atomic E-state index is 0.0513. The van der Waals surface area contributed by atoms with E-state index in [1.54, 1.807) is 6.07 Å². The average Bonchev–Trinajstić information content (AvgIpc) is 2.80. The average molecular weight is 498 g/mol. The highest BCUT2D eigenvalue weighted by atomic mass is 31.2. The minimum Gasteiger partial charge on any atom is -0.464 e. The zero-order chi connectivity index (χ0) is 24.8. The summed E-state index contributed by atoms with van der Waals surface area (Å²) in [5, 5.41) is 2.26. The molecule has 1 aliphatic rings. The summed E-state index contributed by atoms with van der Waals surface area (Å²) in [5.41, 5.74) is 0. The van der Waals surface area contributed by atoms with Crippen molar-refractivity contribution in [2.75, 3.05) is 6.61 Å². The maximum atomic E-state index is 14.3. The van der Waals surface area contributed by atoms with Crippen LogP contribution in [-0.2, 0) is 14.1 Å². The van der Waals surface area contributed by atoms with Crippen molar-refractivity contribution in [3.63, 3.8) is 0 Å². The molecule has 0 bridgehead atoms. The number of esters is 1. The smallest absolute Gasteiger partial charge is 0.464 e. The number of carbonyl (C=O) groups excluding carboxylic acids is 1. The number of hydrogen-bond acceptors (Lipinski definition) is 6. The number of nitrogens with one attached hydrogen (secondary N) is 1. The lowest BCUT2D eigenvalue weighted by Crippen LogP contribution is -2.39. The highest BCUT2D eigenvalue weighted by Gasteiger charge is 2.54. The van der Waals surface area contributed by atoms with Crippen LogP contribution in [-0.4, -0.2) is 35.9 Å². The quantitative estimate of drug-likeness (QED) is 0.231. The molecule has 1 aliphatic carbocycles. The first-order chi connectivity index (χ1) is 15.5. The molecule has 0 saturated heterocycles. The third-order valence-corrected chi connectivity index (χ3v) is 6.51. The predicted octanol–water partition coefficient (Wildman–Crippen LogP) is 5.73. The van der Waals surface area contributed by atoms with Crippen LogP contribution in [0.2, 0.25) is 0 Å². The molecule has 1 aromatic carbocycles. The van der Waals surface area contributed by atoms with Crippen LogP contribution in [0.4, 0.5) is 22.0 Å². The zero-order valence-electron chi connectivity index (χ0n) is 18.2. The van der Waals surface area contributed by atoms with Gasteiger partial charge in [-0.1, -0.05) is 50.0 Å². The molecule has 0 heterocycles. The Hall–Kier alpha value is -2.23. The maximum Gasteiger partial charge on any atom is 0.590 e. The number of rotatable bonds is 11. The van der Waals surface area contributed by atoms with Gasteiger partial charge >= 0.3 is 14.1 Å². The number of ether oxygens (including phenoxy) is 1. The van der Waals surface area contributed by atoms with E-state index in [2.05, 4.69) is 5.09 Å². The third-order valence-electron chi connectivity index (χ3n) is 4.89. The molecular formula is C21H26F5NO5P+. The fourth-order valence-electron chi connectivity index (χ4n) is 2.78. The van der Waals surface area contributed by atoms with Gasteiger partial charge in [0.2, 0.25) is 17.8 Å². The van der Waals surface area contributed by atoms with Crippen LogP contribution in [0.1, 0.15) is 33.6 Å². The van der Waals surface area contributed by atoms with Gasteiger partial charge in [-0.2, -0.15) is 9.28 Å². The monoisotopic (exact) mass is 498 g/mol. The number of benzene rings is 1. The largest absolute Gasteiger partial charge is 0.590 e. The van der Waals surface area contributed by atoms with E-state index in [9.17, 15) is 31.6 Å². The molecule has 0 amide bonds. The molecule has 2 rings (SSSR count). The number of carbonyl (C=O) groups is 1. The molecule has 0 aromatic heterocycles. The molecule has 0 spiro atoms. The SMILES string of the molecule is CCC(CC)COC(=O)[C@H](C)N[P+](O)(OC1=C(F)C(F)=C(F)C(F)C1F)Oc1ccccc1. The predicted molar refractivity (Wildman–Crippen MR) is 112 cm³/mol. The summed E-state index contributed by atoms with van der Waals surface area (Å²) < 4.78 is 84.5. The molecule has 33 heavy (non-hydrogen) atoms. The van der Waals surface area contributed by atoms with Gasteiger partial charge in [0.1, 0.15) is 6.04 Å². The lowest BCUT2D eigenvalue weighted by molar-refractivity contribution is -0.146. The summed E-state index contributed by atoms with van der Waals surface area (Å²) in [6.45, 7) is 5.20. The van der Waals surface area contributed by atoms with Crippen LogP contribution < -0.4 is 9.61 Å². The molecule has 6 nitrogen and oxygen atoms in total. The van der Waals surface area contributed by atoms with Gasteiger partial charge in [-0.25, -0.2) is 17.6 Å². The van der Waals surface area contributed by atoms with E-state index in [-0.39, 0.29) is 18.3 Å². The Bertz CT molecular complexity index is 883. The molecule has 0 radical (unpaired) electrons. The van der Waals surface area contributed by atoms with Crippen LogP contribution in [0, 0.1) is 5.92 Å². The minimum atomic E-state index is -4.65. The van der Waals surface area contributed by atoms with Crippen molar-refractivity contribution in [2.45, 2.75) is 52.0 Å². The third kappa shape index (κ3) is 6.88. The molecule has 4 atom stereocenters. The number of allylic oxidation sites excluding steroid dienone is 4. The molecule has 1 aromatic rings. The Morgan fingerprint density at radius 2 is 1.67 bits per heavy atom. The second kappa shape index (κ2) is 11.8. The topological polar surface area (TPSA) is 77.0 Å². The lowest BCUT2D eigenvalue weighted by atomic mass is 10.1. The highest BCUT2D eigenvalue weighted by Crippen LogP contribution is 2.57. The van der Waals surface area contributed by atoms with Gasteiger partial charge in [-0.3, -0.25) is 13.8 Å². The summed E-state index contributed by atoms with van der Waals surface area (Å²) >= 11 is 0. The Kier molecular flexibility index (Phi) is 9.63. The Morgan fingerprint density at radius 3 is 2.24 bits per heavy atom. The van der Waals surface area contributed by atoms with E-state index >= 15 is 0 Å². The van der Waals surface area contributed by atoms with Crippen LogP contribution in [0.25, 0.3) is 0 Å². The number of halogens is 5. The molecule has 3 unspecified atom stereocenters. The van der Waals surface area contributed by atoms with Gasteiger partial charge in [0, 0.05) is 0 Å². The maximum absolute atomic E-state index is 14.3. The molecule has 0 aliphatic heterocycles. The van der Waals surface area contributed by atoms with Gasteiger partial charge in [0.15, 0.2) is 23.6 Å². The Morgan fingerprint density at radius 1 is 1.06 bits per heavy atom. The van der Waals surface area contributed by atoms with Crippen molar-refractivity contribution < 1.29 is 45.4 Å². The molecular weight excluding hydrogens is 472 g/mol. The second-order valence-corrected chi connectivity index (χ2v) is 8.99. The number of hydrogen-bond donors (Lipinski definition) is 2. The standard InChI is InChI=1S/C21H26F5NO5P/c1-4-13(5-2)11-30-21(28)12(3)27-33(29,31-14-9-7-6-8-10-14)32-20-18(25)16(23)15(22)17(24)19(20)26/h6-10,12-13,16,18,27,29H,4-5,11H2,1-3H3/q+1/t12-,16?,18?,33?/m0/s1. The fourth-order valence-corrected chi connectivity index (χ4v) is 4.38. The first kappa shape index (κ1) is 27.0. The molecule has 0 fully saturated rings. The van der Waals surface area contributed by atoms with E-state index < -0.39 is 55.7 Å². The molecule has 184 valence electrons. The highest BCUT2D eigenvalue weighted by molar-refractivity contribution is 7.59. The lowest BCUT2D eigenvalue weighted by Gasteiger charge is -2.25. The molecule has 2 N–H and O–H groups in total. The van der Waals surface area contributed by atoms with Gasteiger partial charge < -0.3 is 4.74 Å². The first-order valence-electron chi connectivity index (χ1n) is 10.3. The van der Waals surface area contributed by atoms with Crippen LogP contribution >= 0.6 is 8.09 Å².